The number of anilines is 3. The van der Waals surface area contributed by atoms with Gasteiger partial charge in [-0.2, -0.15) is 0 Å². The van der Waals surface area contributed by atoms with E-state index in [1.54, 1.807) is 0 Å². The molecular weight excluding hydrogens is 653 g/mol. The molecule has 0 saturated heterocycles. The van der Waals surface area contributed by atoms with Gasteiger partial charge < -0.3 is 9.47 Å². The molecule has 0 unspecified atom stereocenters. The number of para-hydroxylation sites is 2. The molecule has 1 heterocycles. The van der Waals surface area contributed by atoms with E-state index < -0.39 is 0 Å². The van der Waals surface area contributed by atoms with E-state index >= 15 is 0 Å². The minimum absolute atomic E-state index is 1.09. The summed E-state index contributed by atoms with van der Waals surface area (Å²) >= 11 is 0. The molecule has 54 heavy (non-hydrogen) atoms. The lowest BCUT2D eigenvalue weighted by Crippen LogP contribution is -2.10. The van der Waals surface area contributed by atoms with Crippen molar-refractivity contribution in [2.45, 2.75) is 0 Å². The van der Waals surface area contributed by atoms with Crippen LogP contribution in [-0.4, -0.2) is 4.57 Å². The minimum Gasteiger partial charge on any atom is -0.310 e. The summed E-state index contributed by atoms with van der Waals surface area (Å²) in [7, 11) is 0. The predicted molar refractivity (Wildman–Crippen MR) is 229 cm³/mol. The second-order valence-electron chi connectivity index (χ2n) is 13.8. The average molecular weight is 689 g/mol. The van der Waals surface area contributed by atoms with E-state index in [2.05, 4.69) is 228 Å². The lowest BCUT2D eigenvalue weighted by molar-refractivity contribution is 1.19. The first-order valence-corrected chi connectivity index (χ1v) is 18.5. The second-order valence-corrected chi connectivity index (χ2v) is 13.8. The molecular formula is C52H36N2. The van der Waals surface area contributed by atoms with Crippen molar-refractivity contribution in [1.29, 1.82) is 0 Å². The van der Waals surface area contributed by atoms with Crippen molar-refractivity contribution in [3.63, 3.8) is 0 Å². The van der Waals surface area contributed by atoms with Gasteiger partial charge in [0, 0.05) is 33.5 Å². The van der Waals surface area contributed by atoms with Crippen LogP contribution >= 0.6 is 0 Å². The van der Waals surface area contributed by atoms with E-state index in [-0.39, 0.29) is 0 Å². The zero-order valence-corrected chi connectivity index (χ0v) is 29.7. The van der Waals surface area contributed by atoms with E-state index in [1.807, 2.05) is 0 Å². The Balaban J connectivity index is 1.12. The van der Waals surface area contributed by atoms with Crippen LogP contribution in [-0.2, 0) is 0 Å². The molecule has 0 amide bonds. The van der Waals surface area contributed by atoms with E-state index in [9.17, 15) is 0 Å². The number of hydrogen-bond acceptors (Lipinski definition) is 1. The van der Waals surface area contributed by atoms with Crippen LogP contribution in [0.3, 0.4) is 0 Å². The fourth-order valence-electron chi connectivity index (χ4n) is 8.01. The Morgan fingerprint density at radius 1 is 0.296 bits per heavy atom. The first-order chi connectivity index (χ1) is 26.8. The Morgan fingerprint density at radius 3 is 1.35 bits per heavy atom. The summed E-state index contributed by atoms with van der Waals surface area (Å²) in [5.74, 6) is 0. The van der Waals surface area contributed by atoms with E-state index in [0.717, 1.165) is 22.7 Å². The maximum absolute atomic E-state index is 2.41. The van der Waals surface area contributed by atoms with Crippen molar-refractivity contribution in [2.24, 2.45) is 0 Å². The molecule has 10 rings (SSSR count). The number of benzene rings is 9. The number of nitrogens with zero attached hydrogens (tertiary/aromatic N) is 2. The maximum atomic E-state index is 2.41. The highest BCUT2D eigenvalue weighted by Crippen LogP contribution is 2.41. The molecule has 1 aromatic heterocycles. The third-order valence-electron chi connectivity index (χ3n) is 10.5. The lowest BCUT2D eigenvalue weighted by atomic mass is 9.96. The quantitative estimate of drug-likeness (QED) is 0.162. The van der Waals surface area contributed by atoms with Crippen LogP contribution in [0.5, 0.6) is 0 Å². The molecule has 9 aromatic carbocycles. The van der Waals surface area contributed by atoms with Gasteiger partial charge in [0.15, 0.2) is 0 Å². The molecule has 0 aliphatic rings. The molecule has 0 aliphatic carbocycles. The van der Waals surface area contributed by atoms with Gasteiger partial charge in [-0.15, -0.1) is 0 Å². The van der Waals surface area contributed by atoms with Crippen molar-refractivity contribution in [3.8, 4) is 39.1 Å². The van der Waals surface area contributed by atoms with Gasteiger partial charge in [-0.05, 0) is 105 Å². The van der Waals surface area contributed by atoms with Gasteiger partial charge >= 0.3 is 0 Å². The van der Waals surface area contributed by atoms with Crippen LogP contribution in [0.2, 0.25) is 0 Å². The Hall–Kier alpha value is -7.16. The van der Waals surface area contributed by atoms with Crippen molar-refractivity contribution in [2.75, 3.05) is 4.90 Å². The smallest absolute Gasteiger partial charge is 0.0541 e. The molecule has 0 spiro atoms. The summed E-state index contributed by atoms with van der Waals surface area (Å²) in [5.41, 5.74) is 14.0. The highest BCUT2D eigenvalue weighted by atomic mass is 15.1. The van der Waals surface area contributed by atoms with Crippen molar-refractivity contribution in [1.82, 2.24) is 4.57 Å². The zero-order valence-electron chi connectivity index (χ0n) is 29.7. The number of hydrogen-bond donors (Lipinski definition) is 0. The molecule has 0 N–H and O–H groups in total. The number of fused-ring (bicyclic) bond motifs is 4. The summed E-state index contributed by atoms with van der Waals surface area (Å²) < 4.78 is 2.41. The highest BCUT2D eigenvalue weighted by molar-refractivity contribution is 6.10. The van der Waals surface area contributed by atoms with E-state index in [0.29, 0.717) is 0 Å². The molecule has 2 heteroatoms. The standard InChI is InChI=1S/C52H36N2/c1-3-15-37(16-4-1)40-20-13-22-44(33-40)53(45-23-14-21-41(34-45)38-17-5-2-6-18-38)43-31-29-39(30-32-43)50-36-46(35-42-19-7-8-24-47(42)50)54-51-27-11-9-25-48(51)49-26-10-12-28-52(49)54/h1-36H. The van der Waals surface area contributed by atoms with Crippen LogP contribution in [0.15, 0.2) is 218 Å². The third kappa shape index (κ3) is 5.62. The van der Waals surface area contributed by atoms with Crippen molar-refractivity contribution < 1.29 is 0 Å². The highest BCUT2D eigenvalue weighted by Gasteiger charge is 2.17. The topological polar surface area (TPSA) is 8.17 Å². The maximum Gasteiger partial charge on any atom is 0.0541 e. The van der Waals surface area contributed by atoms with E-state index in [1.165, 1.54) is 66.0 Å². The van der Waals surface area contributed by atoms with Crippen LogP contribution < -0.4 is 4.90 Å². The largest absolute Gasteiger partial charge is 0.310 e. The molecule has 0 atom stereocenters. The molecule has 0 bridgehead atoms. The fourth-order valence-corrected chi connectivity index (χ4v) is 8.01. The molecule has 254 valence electrons. The molecule has 0 radical (unpaired) electrons. The Bertz CT molecular complexity index is 2790. The van der Waals surface area contributed by atoms with Crippen LogP contribution in [0.4, 0.5) is 17.1 Å². The Morgan fingerprint density at radius 2 is 0.778 bits per heavy atom. The molecule has 0 aliphatic heterocycles. The van der Waals surface area contributed by atoms with Crippen molar-refractivity contribution in [3.05, 3.63) is 218 Å². The first kappa shape index (κ1) is 31.6. The molecule has 2 nitrogen and oxygen atoms in total. The molecule has 0 saturated carbocycles. The average Bonchev–Trinajstić information content (AvgIpc) is 3.59. The summed E-state index contributed by atoms with van der Waals surface area (Å²) in [6.07, 6.45) is 0. The fraction of sp³-hybridized carbons (Fsp3) is 0. The third-order valence-corrected chi connectivity index (χ3v) is 10.5. The van der Waals surface area contributed by atoms with Crippen LogP contribution in [0.25, 0.3) is 71.6 Å². The zero-order chi connectivity index (χ0) is 35.8. The summed E-state index contributed by atoms with van der Waals surface area (Å²) in [6.45, 7) is 0. The molecule has 10 aromatic rings. The van der Waals surface area contributed by atoms with Gasteiger partial charge in [-0.1, -0.05) is 158 Å². The summed E-state index contributed by atoms with van der Waals surface area (Å²) in [5, 5.41) is 4.98. The monoisotopic (exact) mass is 688 g/mol. The van der Waals surface area contributed by atoms with Crippen LogP contribution in [0.1, 0.15) is 0 Å². The minimum atomic E-state index is 1.09. The normalized spacial score (nSPS) is 11.3. The van der Waals surface area contributed by atoms with Gasteiger partial charge in [-0.3, -0.25) is 0 Å². The van der Waals surface area contributed by atoms with E-state index in [4.69, 9.17) is 0 Å². The van der Waals surface area contributed by atoms with Gasteiger partial charge in [-0.25, -0.2) is 0 Å². The predicted octanol–water partition coefficient (Wildman–Crippen LogP) is 14.4. The number of aromatic nitrogens is 1. The SMILES string of the molecule is c1ccc(-c2cccc(N(c3ccc(-c4cc(-n5c6ccccc6c6ccccc65)cc5ccccc45)cc3)c3cccc(-c4ccccc4)c3)c2)cc1. The van der Waals surface area contributed by atoms with Gasteiger partial charge in [0.25, 0.3) is 0 Å². The Labute approximate surface area is 315 Å². The first-order valence-electron chi connectivity index (χ1n) is 18.5. The second kappa shape index (κ2) is 13.4. The van der Waals surface area contributed by atoms with Gasteiger partial charge in [0.05, 0.1) is 11.0 Å². The summed E-state index contributed by atoms with van der Waals surface area (Å²) in [6, 6.07) is 78.9. The molecule has 0 fully saturated rings. The van der Waals surface area contributed by atoms with Crippen molar-refractivity contribution >= 4 is 49.6 Å². The lowest BCUT2D eigenvalue weighted by Gasteiger charge is -2.27. The van der Waals surface area contributed by atoms with Gasteiger partial charge in [0.2, 0.25) is 0 Å². The Kier molecular flexibility index (Phi) is 7.85. The van der Waals surface area contributed by atoms with Crippen LogP contribution in [0, 0.1) is 0 Å². The summed E-state index contributed by atoms with van der Waals surface area (Å²) in [4.78, 5) is 2.37. The number of rotatable bonds is 7. The van der Waals surface area contributed by atoms with Gasteiger partial charge in [0.1, 0.15) is 0 Å².